The summed E-state index contributed by atoms with van der Waals surface area (Å²) < 4.78 is 0.799. The molecule has 0 aromatic heterocycles. The average molecular weight is 343 g/mol. The van der Waals surface area contributed by atoms with Gasteiger partial charge in [0, 0.05) is 17.1 Å². The number of aryl methyl sites for hydroxylation is 1. The Kier molecular flexibility index (Phi) is 6.01. The van der Waals surface area contributed by atoms with Gasteiger partial charge in [0.25, 0.3) is 0 Å². The number of nitrogens with one attached hydrogen (secondary N) is 1. The van der Waals surface area contributed by atoms with E-state index in [4.69, 9.17) is 5.11 Å². The van der Waals surface area contributed by atoms with Gasteiger partial charge >= 0.3 is 12.0 Å². The smallest absolute Gasteiger partial charge is 0.322 e. The maximum absolute atomic E-state index is 12.2. The molecule has 110 valence electrons. The molecule has 0 bridgehead atoms. The lowest BCUT2D eigenvalue weighted by Crippen LogP contribution is -2.41. The number of halogens is 1. The predicted octanol–water partition coefficient (Wildman–Crippen LogP) is 3.47. The molecule has 0 radical (unpaired) electrons. The van der Waals surface area contributed by atoms with Gasteiger partial charge in [0.05, 0.1) is 12.1 Å². The highest BCUT2D eigenvalue weighted by molar-refractivity contribution is 9.10. The van der Waals surface area contributed by atoms with Crippen molar-refractivity contribution >= 4 is 33.6 Å². The van der Waals surface area contributed by atoms with E-state index in [1.807, 2.05) is 39.0 Å². The highest BCUT2D eigenvalue weighted by Gasteiger charge is 2.18. The molecule has 2 N–H and O–H groups in total. The number of urea groups is 1. The molecule has 0 aliphatic rings. The first-order valence-electron chi connectivity index (χ1n) is 6.37. The SMILES string of the molecule is Cc1ccc(NC(=O)N(CCC(=O)O)C(C)C)c(Br)c1. The predicted molar refractivity (Wildman–Crippen MR) is 82.0 cm³/mol. The molecule has 20 heavy (non-hydrogen) atoms. The van der Waals surface area contributed by atoms with Crippen LogP contribution in [0, 0.1) is 6.92 Å². The van der Waals surface area contributed by atoms with E-state index < -0.39 is 5.97 Å². The van der Waals surface area contributed by atoms with Crippen molar-refractivity contribution in [3.63, 3.8) is 0 Å². The van der Waals surface area contributed by atoms with Gasteiger partial charge in [-0.3, -0.25) is 4.79 Å². The van der Waals surface area contributed by atoms with E-state index in [0.29, 0.717) is 5.69 Å². The molecule has 0 spiro atoms. The lowest BCUT2D eigenvalue weighted by Gasteiger charge is -2.26. The van der Waals surface area contributed by atoms with Gasteiger partial charge in [-0.05, 0) is 54.4 Å². The normalized spacial score (nSPS) is 10.4. The number of carboxylic acids is 1. The number of aliphatic carboxylic acids is 1. The van der Waals surface area contributed by atoms with Crippen LogP contribution in [0.15, 0.2) is 22.7 Å². The Morgan fingerprint density at radius 3 is 2.55 bits per heavy atom. The number of carboxylic acid groups (broad SMARTS) is 1. The van der Waals surface area contributed by atoms with Crippen LogP contribution in [0.4, 0.5) is 10.5 Å². The molecule has 1 aromatic rings. The van der Waals surface area contributed by atoms with Crippen LogP contribution in [-0.4, -0.2) is 34.6 Å². The van der Waals surface area contributed by atoms with Crippen LogP contribution in [0.3, 0.4) is 0 Å². The summed E-state index contributed by atoms with van der Waals surface area (Å²) in [5.74, 6) is -0.917. The van der Waals surface area contributed by atoms with Crippen LogP contribution in [0.5, 0.6) is 0 Å². The van der Waals surface area contributed by atoms with Gasteiger partial charge in [-0.1, -0.05) is 6.07 Å². The molecule has 6 heteroatoms. The number of hydrogen-bond donors (Lipinski definition) is 2. The molecule has 0 aliphatic heterocycles. The van der Waals surface area contributed by atoms with Crippen molar-refractivity contribution in [2.24, 2.45) is 0 Å². The lowest BCUT2D eigenvalue weighted by atomic mass is 10.2. The van der Waals surface area contributed by atoms with Crippen molar-refractivity contribution < 1.29 is 14.7 Å². The Morgan fingerprint density at radius 1 is 1.40 bits per heavy atom. The van der Waals surface area contributed by atoms with E-state index >= 15 is 0 Å². The van der Waals surface area contributed by atoms with Crippen molar-refractivity contribution in [3.05, 3.63) is 28.2 Å². The number of carbonyl (C=O) groups is 2. The first-order chi connectivity index (χ1) is 9.31. The molecule has 0 atom stereocenters. The Labute approximate surface area is 127 Å². The summed E-state index contributed by atoms with van der Waals surface area (Å²) in [5.41, 5.74) is 1.75. The number of anilines is 1. The maximum atomic E-state index is 12.2. The van der Waals surface area contributed by atoms with Crippen molar-refractivity contribution in [3.8, 4) is 0 Å². The zero-order valence-corrected chi connectivity index (χ0v) is 13.4. The van der Waals surface area contributed by atoms with Crippen LogP contribution >= 0.6 is 15.9 Å². The van der Waals surface area contributed by atoms with Crippen LogP contribution in [-0.2, 0) is 4.79 Å². The Hall–Kier alpha value is -1.56. The quantitative estimate of drug-likeness (QED) is 0.860. The molecule has 0 aliphatic carbocycles. The summed E-state index contributed by atoms with van der Waals surface area (Å²) in [6.45, 7) is 5.85. The Balaban J connectivity index is 2.77. The third-order valence-electron chi connectivity index (χ3n) is 2.82. The summed E-state index contributed by atoms with van der Waals surface area (Å²) in [6.07, 6.45) is -0.0688. The fraction of sp³-hybridized carbons (Fsp3) is 0.429. The molecule has 0 unspecified atom stereocenters. The third kappa shape index (κ3) is 4.85. The van der Waals surface area contributed by atoms with E-state index in [-0.39, 0.29) is 25.0 Å². The number of benzene rings is 1. The molecule has 0 saturated heterocycles. The molecule has 5 nitrogen and oxygen atoms in total. The van der Waals surface area contributed by atoms with Crippen molar-refractivity contribution in [2.45, 2.75) is 33.2 Å². The highest BCUT2D eigenvalue weighted by atomic mass is 79.9. The molecule has 0 fully saturated rings. The first kappa shape index (κ1) is 16.5. The molecule has 1 aromatic carbocycles. The van der Waals surface area contributed by atoms with Gasteiger partial charge in [0.1, 0.15) is 0 Å². The molecule has 2 amide bonds. The Bertz CT molecular complexity index is 503. The summed E-state index contributed by atoms with van der Waals surface area (Å²) in [7, 11) is 0. The van der Waals surface area contributed by atoms with Crippen LogP contribution in [0.2, 0.25) is 0 Å². The number of amides is 2. The van der Waals surface area contributed by atoms with E-state index in [2.05, 4.69) is 21.2 Å². The number of rotatable bonds is 5. The molecule has 0 saturated carbocycles. The van der Waals surface area contributed by atoms with Gasteiger partial charge < -0.3 is 15.3 Å². The lowest BCUT2D eigenvalue weighted by molar-refractivity contribution is -0.137. The minimum absolute atomic E-state index is 0.0688. The minimum atomic E-state index is -0.917. The molecule has 0 heterocycles. The third-order valence-corrected chi connectivity index (χ3v) is 3.47. The standard InChI is InChI=1S/C14H19BrN2O3/c1-9(2)17(7-6-13(18)19)14(20)16-12-5-4-10(3)8-11(12)15/h4-5,8-9H,6-7H2,1-3H3,(H,16,20)(H,18,19). The van der Waals surface area contributed by atoms with E-state index in [1.54, 1.807) is 0 Å². The van der Waals surface area contributed by atoms with Crippen LogP contribution in [0.25, 0.3) is 0 Å². The Morgan fingerprint density at radius 2 is 2.05 bits per heavy atom. The summed E-state index contributed by atoms with van der Waals surface area (Å²) in [5, 5.41) is 11.5. The zero-order valence-electron chi connectivity index (χ0n) is 11.8. The topological polar surface area (TPSA) is 69.6 Å². The van der Waals surface area contributed by atoms with E-state index in [9.17, 15) is 9.59 Å². The monoisotopic (exact) mass is 342 g/mol. The second-order valence-corrected chi connectivity index (χ2v) is 5.70. The molecular weight excluding hydrogens is 324 g/mol. The van der Waals surface area contributed by atoms with Crippen molar-refractivity contribution in [1.82, 2.24) is 4.90 Å². The van der Waals surface area contributed by atoms with Gasteiger partial charge in [-0.25, -0.2) is 4.79 Å². The molecule has 1 rings (SSSR count). The summed E-state index contributed by atoms with van der Waals surface area (Å²) >= 11 is 3.40. The van der Waals surface area contributed by atoms with Crippen molar-refractivity contribution in [2.75, 3.05) is 11.9 Å². The summed E-state index contributed by atoms with van der Waals surface area (Å²) in [6, 6.07) is 5.25. The van der Waals surface area contributed by atoms with Crippen LogP contribution < -0.4 is 5.32 Å². The second-order valence-electron chi connectivity index (χ2n) is 4.84. The maximum Gasteiger partial charge on any atom is 0.322 e. The number of nitrogens with zero attached hydrogens (tertiary/aromatic N) is 1. The molecular formula is C14H19BrN2O3. The summed E-state index contributed by atoms with van der Waals surface area (Å²) in [4.78, 5) is 24.3. The zero-order chi connectivity index (χ0) is 15.3. The highest BCUT2D eigenvalue weighted by Crippen LogP contribution is 2.23. The number of hydrogen-bond acceptors (Lipinski definition) is 2. The van der Waals surface area contributed by atoms with Gasteiger partial charge in [-0.2, -0.15) is 0 Å². The fourth-order valence-electron chi connectivity index (χ4n) is 1.72. The largest absolute Gasteiger partial charge is 0.481 e. The van der Waals surface area contributed by atoms with Crippen molar-refractivity contribution in [1.29, 1.82) is 0 Å². The van der Waals surface area contributed by atoms with Gasteiger partial charge in [0.15, 0.2) is 0 Å². The number of carbonyl (C=O) groups excluding carboxylic acids is 1. The van der Waals surface area contributed by atoms with Gasteiger partial charge in [0.2, 0.25) is 0 Å². The second kappa shape index (κ2) is 7.28. The minimum Gasteiger partial charge on any atom is -0.481 e. The van der Waals surface area contributed by atoms with Gasteiger partial charge in [-0.15, -0.1) is 0 Å². The first-order valence-corrected chi connectivity index (χ1v) is 7.16. The van der Waals surface area contributed by atoms with E-state index in [0.717, 1.165) is 10.0 Å². The fourth-order valence-corrected chi connectivity index (χ4v) is 2.31. The van der Waals surface area contributed by atoms with E-state index in [1.165, 1.54) is 4.90 Å². The van der Waals surface area contributed by atoms with Crippen LogP contribution in [0.1, 0.15) is 25.8 Å². The average Bonchev–Trinajstić information content (AvgIpc) is 2.32.